The van der Waals surface area contributed by atoms with Crippen LogP contribution in [0, 0.1) is 23.2 Å². The normalized spacial score (nSPS) is 16.8. The van der Waals surface area contributed by atoms with Gasteiger partial charge in [0.1, 0.15) is 41.5 Å². The van der Waals surface area contributed by atoms with Crippen molar-refractivity contribution in [2.24, 2.45) is 0 Å². The number of rotatable bonds is 20. The van der Waals surface area contributed by atoms with Crippen LogP contribution >= 0.6 is 8.53 Å². The van der Waals surface area contributed by atoms with Gasteiger partial charge in [0, 0.05) is 41.2 Å². The zero-order chi connectivity index (χ0) is 52.5. The number of hydrogen-bond donors (Lipinski definition) is 2. The van der Waals surface area contributed by atoms with Gasteiger partial charge in [0.05, 0.1) is 52.6 Å². The van der Waals surface area contributed by atoms with Gasteiger partial charge in [-0.3, -0.25) is 33.6 Å². The summed E-state index contributed by atoms with van der Waals surface area (Å²) in [4.78, 5) is 70.2. The van der Waals surface area contributed by atoms with Crippen LogP contribution < -0.4 is 26.0 Å². The van der Waals surface area contributed by atoms with Crippen LogP contribution in [0.5, 0.6) is 11.5 Å². The van der Waals surface area contributed by atoms with E-state index in [0.717, 1.165) is 27.0 Å². The van der Waals surface area contributed by atoms with E-state index in [4.69, 9.17) is 28.0 Å². The van der Waals surface area contributed by atoms with Gasteiger partial charge in [-0.15, -0.1) is 0 Å². The number of nitrogens with one attached hydrogen (secondary N) is 2. The smallest absolute Gasteiger partial charge is 0.330 e. The van der Waals surface area contributed by atoms with E-state index in [1.54, 1.807) is 38.5 Å². The van der Waals surface area contributed by atoms with Crippen molar-refractivity contribution in [3.8, 4) is 29.4 Å². The third kappa shape index (κ3) is 11.2. The molecule has 382 valence electrons. The quantitative estimate of drug-likeness (QED) is 0.0252. The molecule has 18 heteroatoms. The lowest BCUT2D eigenvalue weighted by Gasteiger charge is -2.39. The molecule has 1 fully saturated rings. The van der Waals surface area contributed by atoms with Gasteiger partial charge in [0.25, 0.3) is 25.9 Å². The molecule has 2 aliphatic rings. The summed E-state index contributed by atoms with van der Waals surface area (Å²) in [6.07, 6.45) is -1.09. The number of nitriles is 1. The lowest BCUT2D eigenvalue weighted by Crippen LogP contribution is -2.46. The van der Waals surface area contributed by atoms with Crippen LogP contribution in [0.3, 0.4) is 0 Å². The number of imide groups is 1. The van der Waals surface area contributed by atoms with Crippen LogP contribution in [0.25, 0.3) is 10.8 Å². The second-order valence-corrected chi connectivity index (χ2v) is 19.5. The van der Waals surface area contributed by atoms with Crippen molar-refractivity contribution < 1.29 is 42.4 Å². The number of aromatic amines is 1. The molecular formula is C56H57N6O11P. The van der Waals surface area contributed by atoms with Gasteiger partial charge in [0.2, 0.25) is 5.91 Å². The Morgan fingerprint density at radius 2 is 1.43 bits per heavy atom. The number of carbonyl (C=O) groups excluding carboxylic acids is 3. The molecule has 17 nitrogen and oxygen atoms in total. The summed E-state index contributed by atoms with van der Waals surface area (Å²) in [5.74, 6) is 4.98. The van der Waals surface area contributed by atoms with Crippen LogP contribution in [0.1, 0.15) is 89.7 Å². The van der Waals surface area contributed by atoms with Crippen molar-refractivity contribution in [2.45, 2.75) is 76.7 Å². The second-order valence-electron chi connectivity index (χ2n) is 18.1. The lowest BCUT2D eigenvalue weighted by atomic mass is 9.80. The minimum absolute atomic E-state index is 0.0257. The Bertz CT molecular complexity index is 3110. The van der Waals surface area contributed by atoms with Crippen molar-refractivity contribution in [3.05, 3.63) is 176 Å². The van der Waals surface area contributed by atoms with Crippen molar-refractivity contribution in [1.82, 2.24) is 24.4 Å². The predicted octanol–water partition coefficient (Wildman–Crippen LogP) is 7.43. The minimum Gasteiger partial charge on any atom is -0.497 e. The van der Waals surface area contributed by atoms with Gasteiger partial charge in [-0.25, -0.2) is 9.46 Å². The van der Waals surface area contributed by atoms with Crippen molar-refractivity contribution in [3.63, 3.8) is 0 Å². The number of nitrogens with zero attached hydrogens (tertiary/aromatic N) is 4. The maximum absolute atomic E-state index is 13.8. The molecule has 5 aromatic carbocycles. The topological polar surface area (TPSA) is 204 Å². The van der Waals surface area contributed by atoms with Crippen molar-refractivity contribution in [1.29, 1.82) is 5.26 Å². The van der Waals surface area contributed by atoms with Gasteiger partial charge in [-0.1, -0.05) is 90.7 Å². The first-order chi connectivity index (χ1) is 35.8. The highest BCUT2D eigenvalue weighted by atomic mass is 31.2. The number of amides is 3. The Morgan fingerprint density at radius 3 is 2.00 bits per heavy atom. The molecule has 3 amide bonds. The summed E-state index contributed by atoms with van der Waals surface area (Å²) in [5, 5.41) is 13.3. The van der Waals surface area contributed by atoms with Gasteiger partial charge in [-0.05, 0) is 86.2 Å². The average Bonchev–Trinajstić information content (AvgIpc) is 3.81. The van der Waals surface area contributed by atoms with Gasteiger partial charge < -0.3 is 33.3 Å². The zero-order valence-electron chi connectivity index (χ0n) is 41.9. The van der Waals surface area contributed by atoms with Crippen molar-refractivity contribution in [2.75, 3.05) is 40.5 Å². The molecule has 6 aromatic rings. The summed E-state index contributed by atoms with van der Waals surface area (Å²) in [6, 6.07) is 37.4. The number of aromatic nitrogens is 2. The van der Waals surface area contributed by atoms with E-state index >= 15 is 0 Å². The van der Waals surface area contributed by atoms with Crippen molar-refractivity contribution >= 4 is 37.0 Å². The average molecular weight is 1020 g/mol. The van der Waals surface area contributed by atoms with E-state index < -0.39 is 68.1 Å². The summed E-state index contributed by atoms with van der Waals surface area (Å²) in [6.45, 7) is 7.35. The summed E-state index contributed by atoms with van der Waals surface area (Å²) >= 11 is 0. The molecule has 2 N–H and O–H groups in total. The summed E-state index contributed by atoms with van der Waals surface area (Å²) < 4.78 is 41.8. The first-order valence-corrected chi connectivity index (χ1v) is 25.3. The third-order valence-electron chi connectivity index (χ3n) is 12.7. The third-order valence-corrected chi connectivity index (χ3v) is 14.9. The maximum Gasteiger partial charge on any atom is 0.330 e. The highest BCUT2D eigenvalue weighted by Crippen LogP contribution is 2.51. The molecule has 3 heterocycles. The van der Waals surface area contributed by atoms with E-state index in [0.29, 0.717) is 28.0 Å². The van der Waals surface area contributed by atoms with Crippen LogP contribution in [-0.4, -0.2) is 102 Å². The van der Waals surface area contributed by atoms with Crippen LogP contribution in [0.4, 0.5) is 0 Å². The Hall–Kier alpha value is -7.47. The molecule has 4 atom stereocenters. The fourth-order valence-electron chi connectivity index (χ4n) is 9.32. The number of methoxy groups -OCH3 is 2. The molecule has 8 rings (SSSR count). The Morgan fingerprint density at radius 1 is 0.838 bits per heavy atom. The molecule has 1 saturated heterocycles. The Balaban J connectivity index is 1.08. The zero-order valence-corrected chi connectivity index (χ0v) is 42.8. The van der Waals surface area contributed by atoms with Crippen LogP contribution in [0.15, 0.2) is 131 Å². The first kappa shape index (κ1) is 52.8. The highest BCUT2D eigenvalue weighted by molar-refractivity contribution is 7.44. The fraction of sp³-hybridized carbons (Fsp3) is 0.321. The van der Waals surface area contributed by atoms with E-state index in [2.05, 4.69) is 32.9 Å². The molecule has 0 bridgehead atoms. The molecular weight excluding hydrogens is 964 g/mol. The molecule has 0 saturated carbocycles. The predicted molar refractivity (Wildman–Crippen MR) is 277 cm³/mol. The molecule has 74 heavy (non-hydrogen) atoms. The number of benzene rings is 5. The molecule has 1 aromatic heterocycles. The van der Waals surface area contributed by atoms with E-state index in [1.807, 2.05) is 119 Å². The second kappa shape index (κ2) is 23.6. The molecule has 0 spiro atoms. The maximum atomic E-state index is 13.8. The Labute approximate surface area is 429 Å². The number of carbonyl (C=O) groups is 3. The molecule has 2 aliphatic heterocycles. The molecule has 1 unspecified atom stereocenters. The SMILES string of the molecule is COc1ccc(C(OC[C@H]2O[C@@H](n3cc(C#CCNC(=O)CN4C(=O)c5cccc6cccc(c56)C4=O)c(=O)[nH]c3=O)C[C@@H]2OP(OCCC#N)N(C(C)C)C(C)C)(c2ccccc2)c2ccc(OC)cc2)cc1. The lowest BCUT2D eigenvalue weighted by molar-refractivity contribution is -0.121. The largest absolute Gasteiger partial charge is 0.497 e. The van der Waals surface area contributed by atoms with E-state index in [1.165, 1.54) is 10.8 Å². The fourth-order valence-corrected chi connectivity index (χ4v) is 11.1. The van der Waals surface area contributed by atoms with E-state index in [-0.39, 0.29) is 50.2 Å². The summed E-state index contributed by atoms with van der Waals surface area (Å²) in [5.41, 5.74) is 0.147. The standard InChI is InChI=1S/C56H57N6O11P/c1-36(2)62(37(3)4)74(71-31-13-29-57)73-47-32-50(72-48(47)35-70-56(40-17-8-7-9-18-40,41-21-25-43(68-5)26-22-41)42-23-27-44(69-6)28-24-42)60-33-39(52(64)59-55(60)67)16-12-30-58-49(63)34-61-53(65)45-19-10-14-38-15-11-20-46(51(38)45)54(61)66/h7-11,14-15,17-28,33,36-37,47-48,50H,13,30-32,34-35H2,1-6H3,(H,58,63)(H,59,64,67)/t47-,48+,50+,74?/m0/s1. The number of hydrogen-bond acceptors (Lipinski definition) is 13. The van der Waals surface area contributed by atoms with E-state index in [9.17, 15) is 29.2 Å². The molecule has 0 aliphatic carbocycles. The number of H-pyrrole nitrogens is 1. The molecule has 0 radical (unpaired) electrons. The summed E-state index contributed by atoms with van der Waals surface area (Å²) in [7, 11) is 1.39. The van der Waals surface area contributed by atoms with Gasteiger partial charge in [0.15, 0.2) is 0 Å². The monoisotopic (exact) mass is 1020 g/mol. The van der Waals surface area contributed by atoms with Crippen LogP contribution in [-0.2, 0) is 28.9 Å². The highest BCUT2D eigenvalue weighted by Gasteiger charge is 2.45. The van der Waals surface area contributed by atoms with Crippen LogP contribution in [0.2, 0.25) is 0 Å². The number of ether oxygens (including phenoxy) is 4. The van der Waals surface area contributed by atoms with Gasteiger partial charge >= 0.3 is 5.69 Å². The first-order valence-electron chi connectivity index (χ1n) is 24.2. The van der Waals surface area contributed by atoms with Gasteiger partial charge in [-0.2, -0.15) is 5.26 Å². The minimum atomic E-state index is -1.81. The Kier molecular flexibility index (Phi) is 16.9.